The predicted octanol–water partition coefficient (Wildman–Crippen LogP) is 4.56. The number of hydrogen-bond donors (Lipinski definition) is 0. The molecular formula is C20H28N2O2S. The van der Waals surface area contributed by atoms with Crippen molar-refractivity contribution >= 4 is 17.2 Å². The molecule has 0 radical (unpaired) electrons. The Hall–Kier alpha value is -1.88. The van der Waals surface area contributed by atoms with E-state index in [1.54, 1.807) is 30.2 Å². The quantitative estimate of drug-likeness (QED) is 0.727. The number of likely N-dealkylation sites (N-methyl/N-ethyl adjacent to an activating group) is 1. The van der Waals surface area contributed by atoms with Gasteiger partial charge in [-0.1, -0.05) is 32.9 Å². The summed E-state index contributed by atoms with van der Waals surface area (Å²) in [5, 5.41) is 3.12. The third-order valence-electron chi connectivity index (χ3n) is 4.21. The van der Waals surface area contributed by atoms with E-state index in [0.29, 0.717) is 12.5 Å². The lowest BCUT2D eigenvalue weighted by Crippen LogP contribution is -2.37. The van der Waals surface area contributed by atoms with Gasteiger partial charge in [-0.15, -0.1) is 11.3 Å². The van der Waals surface area contributed by atoms with Crippen molar-refractivity contribution in [2.75, 3.05) is 7.05 Å². The van der Waals surface area contributed by atoms with Gasteiger partial charge in [0.25, 0.3) is 5.91 Å². The van der Waals surface area contributed by atoms with Crippen LogP contribution in [0.25, 0.3) is 0 Å². The summed E-state index contributed by atoms with van der Waals surface area (Å²) in [6, 6.07) is 6.20. The number of benzene rings is 1. The molecule has 1 amide bonds. The normalized spacial score (nSPS) is 12.3. The lowest BCUT2D eigenvalue weighted by molar-refractivity contribution is -0.137. The van der Waals surface area contributed by atoms with E-state index in [0.717, 1.165) is 28.4 Å². The molecule has 25 heavy (non-hydrogen) atoms. The number of ether oxygens (including phenoxy) is 1. The van der Waals surface area contributed by atoms with E-state index < -0.39 is 6.10 Å². The zero-order valence-electron chi connectivity index (χ0n) is 16.0. The second kappa shape index (κ2) is 8.48. The molecule has 0 aliphatic carbocycles. The SMILES string of the molecule is CCc1nc(CN(C)C(=O)C(C)Oc2cc(C(C)C)ccc2C)cs1. The molecule has 4 nitrogen and oxygen atoms in total. The molecule has 1 aromatic carbocycles. The number of aryl methyl sites for hydroxylation is 2. The summed E-state index contributed by atoms with van der Waals surface area (Å²) in [7, 11) is 1.80. The third-order valence-corrected chi connectivity index (χ3v) is 5.25. The van der Waals surface area contributed by atoms with Crippen LogP contribution in [0.15, 0.2) is 23.6 Å². The summed E-state index contributed by atoms with van der Waals surface area (Å²) >= 11 is 1.64. The van der Waals surface area contributed by atoms with Crippen LogP contribution >= 0.6 is 11.3 Å². The highest BCUT2D eigenvalue weighted by Crippen LogP contribution is 2.25. The molecule has 5 heteroatoms. The van der Waals surface area contributed by atoms with Crippen molar-refractivity contribution < 1.29 is 9.53 Å². The number of thiazole rings is 1. The van der Waals surface area contributed by atoms with Gasteiger partial charge in [-0.05, 0) is 43.4 Å². The van der Waals surface area contributed by atoms with Crippen molar-refractivity contribution in [2.45, 2.75) is 59.6 Å². The van der Waals surface area contributed by atoms with Crippen LogP contribution in [0.4, 0.5) is 0 Å². The maximum atomic E-state index is 12.6. The highest BCUT2D eigenvalue weighted by molar-refractivity contribution is 7.09. The standard InChI is InChI=1S/C20H28N2O2S/c1-7-19-21-17(12-25-19)11-22(6)20(23)15(5)24-18-10-16(13(2)3)9-8-14(18)4/h8-10,12-13,15H,7,11H2,1-6H3. The fourth-order valence-corrected chi connectivity index (χ4v) is 3.29. The topological polar surface area (TPSA) is 42.4 Å². The van der Waals surface area contributed by atoms with Gasteiger partial charge in [0.05, 0.1) is 17.2 Å². The molecule has 0 N–H and O–H groups in total. The van der Waals surface area contributed by atoms with E-state index >= 15 is 0 Å². The average molecular weight is 361 g/mol. The van der Waals surface area contributed by atoms with E-state index in [4.69, 9.17) is 4.74 Å². The summed E-state index contributed by atoms with van der Waals surface area (Å²) in [6.07, 6.45) is 0.392. The van der Waals surface area contributed by atoms with Gasteiger partial charge in [0.15, 0.2) is 6.10 Å². The first kappa shape index (κ1) is 19.4. The largest absolute Gasteiger partial charge is 0.481 e. The minimum atomic E-state index is -0.532. The summed E-state index contributed by atoms with van der Waals surface area (Å²) in [4.78, 5) is 18.8. The van der Waals surface area contributed by atoms with Crippen LogP contribution in [-0.4, -0.2) is 28.9 Å². The first-order chi connectivity index (χ1) is 11.8. The Balaban J connectivity index is 2.03. The smallest absolute Gasteiger partial charge is 0.263 e. The number of carbonyl (C=O) groups is 1. The number of rotatable bonds is 7. The monoisotopic (exact) mass is 360 g/mol. The van der Waals surface area contributed by atoms with Crippen LogP contribution in [0.2, 0.25) is 0 Å². The molecule has 2 aromatic rings. The van der Waals surface area contributed by atoms with Crippen LogP contribution in [0, 0.1) is 6.92 Å². The van der Waals surface area contributed by atoms with Crippen molar-refractivity contribution in [2.24, 2.45) is 0 Å². The fourth-order valence-electron chi connectivity index (χ4n) is 2.56. The second-order valence-electron chi connectivity index (χ2n) is 6.72. The van der Waals surface area contributed by atoms with E-state index in [1.165, 1.54) is 5.56 Å². The Morgan fingerprint density at radius 3 is 2.64 bits per heavy atom. The van der Waals surface area contributed by atoms with E-state index in [9.17, 15) is 4.79 Å². The van der Waals surface area contributed by atoms with Crippen molar-refractivity contribution in [1.82, 2.24) is 9.88 Å². The first-order valence-corrected chi connectivity index (χ1v) is 9.65. The number of carbonyl (C=O) groups excluding carboxylic acids is 1. The van der Waals surface area contributed by atoms with Gasteiger partial charge in [-0.3, -0.25) is 4.79 Å². The van der Waals surface area contributed by atoms with Crippen molar-refractivity contribution in [1.29, 1.82) is 0 Å². The fraction of sp³-hybridized carbons (Fsp3) is 0.500. The zero-order valence-corrected chi connectivity index (χ0v) is 16.8. The number of amides is 1. The van der Waals surface area contributed by atoms with E-state index in [-0.39, 0.29) is 5.91 Å². The number of nitrogens with zero attached hydrogens (tertiary/aromatic N) is 2. The highest BCUT2D eigenvalue weighted by atomic mass is 32.1. The molecule has 0 bridgehead atoms. The minimum Gasteiger partial charge on any atom is -0.481 e. The number of hydrogen-bond acceptors (Lipinski definition) is 4. The Kier molecular flexibility index (Phi) is 6.59. The molecular weight excluding hydrogens is 332 g/mol. The molecule has 0 saturated heterocycles. The maximum Gasteiger partial charge on any atom is 0.263 e. The molecule has 2 rings (SSSR count). The zero-order chi connectivity index (χ0) is 18.6. The summed E-state index contributed by atoms with van der Waals surface area (Å²) in [5.74, 6) is 1.16. The maximum absolute atomic E-state index is 12.6. The lowest BCUT2D eigenvalue weighted by Gasteiger charge is -2.22. The van der Waals surface area contributed by atoms with Gasteiger partial charge in [0.2, 0.25) is 0 Å². The molecule has 1 aromatic heterocycles. The third kappa shape index (κ3) is 5.05. The van der Waals surface area contributed by atoms with Crippen LogP contribution in [0.1, 0.15) is 55.4 Å². The van der Waals surface area contributed by atoms with Crippen LogP contribution in [-0.2, 0) is 17.8 Å². The Bertz CT molecular complexity index is 724. The molecule has 0 fully saturated rings. The summed E-state index contributed by atoms with van der Waals surface area (Å²) in [6.45, 7) is 10.7. The molecule has 0 aliphatic heterocycles. The van der Waals surface area contributed by atoms with Gasteiger partial charge in [-0.2, -0.15) is 0 Å². The highest BCUT2D eigenvalue weighted by Gasteiger charge is 2.21. The molecule has 0 aliphatic rings. The molecule has 1 heterocycles. The average Bonchev–Trinajstić information content (AvgIpc) is 3.03. The van der Waals surface area contributed by atoms with Crippen LogP contribution in [0.3, 0.4) is 0 Å². The van der Waals surface area contributed by atoms with Gasteiger partial charge in [0.1, 0.15) is 5.75 Å². The van der Waals surface area contributed by atoms with Crippen molar-refractivity contribution in [3.63, 3.8) is 0 Å². The molecule has 0 saturated carbocycles. The molecule has 1 atom stereocenters. The van der Waals surface area contributed by atoms with Gasteiger partial charge < -0.3 is 9.64 Å². The van der Waals surface area contributed by atoms with Crippen LogP contribution < -0.4 is 4.74 Å². The minimum absolute atomic E-state index is 0.0413. The molecule has 0 spiro atoms. The summed E-state index contributed by atoms with van der Waals surface area (Å²) in [5.41, 5.74) is 3.19. The predicted molar refractivity (Wildman–Crippen MR) is 103 cm³/mol. The second-order valence-corrected chi connectivity index (χ2v) is 7.66. The number of aromatic nitrogens is 1. The van der Waals surface area contributed by atoms with Crippen molar-refractivity contribution in [3.05, 3.63) is 45.4 Å². The Labute approximate surface area is 154 Å². The van der Waals surface area contributed by atoms with E-state index in [2.05, 4.69) is 31.8 Å². The van der Waals surface area contributed by atoms with E-state index in [1.807, 2.05) is 24.4 Å². The Morgan fingerprint density at radius 2 is 2.04 bits per heavy atom. The van der Waals surface area contributed by atoms with Crippen LogP contribution in [0.5, 0.6) is 5.75 Å². The summed E-state index contributed by atoms with van der Waals surface area (Å²) < 4.78 is 5.97. The van der Waals surface area contributed by atoms with Gasteiger partial charge in [-0.25, -0.2) is 4.98 Å². The Morgan fingerprint density at radius 1 is 1.32 bits per heavy atom. The van der Waals surface area contributed by atoms with Gasteiger partial charge in [0, 0.05) is 12.4 Å². The first-order valence-electron chi connectivity index (χ1n) is 8.77. The van der Waals surface area contributed by atoms with Gasteiger partial charge >= 0.3 is 0 Å². The molecule has 136 valence electrons. The lowest BCUT2D eigenvalue weighted by atomic mass is 10.0. The van der Waals surface area contributed by atoms with Crippen molar-refractivity contribution in [3.8, 4) is 5.75 Å². The molecule has 1 unspecified atom stereocenters.